The number of thioether (sulfide) groups is 1. The minimum atomic E-state index is -0.581. The molecule has 0 saturated heterocycles. The molecule has 0 amide bonds. The Balaban J connectivity index is 2.38. The molecule has 0 saturated carbocycles. The Bertz CT molecular complexity index is 386. The van der Waals surface area contributed by atoms with Crippen molar-refractivity contribution in [1.82, 2.24) is 10.3 Å². The standard InChI is InChI=1S/C14H22N2O2S/c1-4-16-14(2,13(17)18-3)8-5-11-19-12-6-9-15-10-7-12/h6-7,9-10,16H,4-5,8,11H2,1-3H3. The minimum Gasteiger partial charge on any atom is -0.468 e. The second-order valence-electron chi connectivity index (χ2n) is 4.49. The van der Waals surface area contributed by atoms with Crippen LogP contribution in [0.15, 0.2) is 29.4 Å². The van der Waals surface area contributed by atoms with Gasteiger partial charge in [0.2, 0.25) is 0 Å². The summed E-state index contributed by atoms with van der Waals surface area (Å²) in [4.78, 5) is 17.0. The summed E-state index contributed by atoms with van der Waals surface area (Å²) in [6, 6.07) is 3.99. The number of carbonyl (C=O) groups excluding carboxylic acids is 1. The number of rotatable bonds is 8. The fourth-order valence-corrected chi connectivity index (χ4v) is 2.77. The molecule has 0 spiro atoms. The molecule has 0 fully saturated rings. The highest BCUT2D eigenvalue weighted by Crippen LogP contribution is 2.21. The van der Waals surface area contributed by atoms with Gasteiger partial charge in [0.1, 0.15) is 5.54 Å². The molecule has 1 rings (SSSR count). The number of nitrogens with zero attached hydrogens (tertiary/aromatic N) is 1. The first-order valence-electron chi connectivity index (χ1n) is 6.48. The first-order chi connectivity index (χ1) is 9.12. The molecule has 0 aromatic carbocycles. The summed E-state index contributed by atoms with van der Waals surface area (Å²) in [6.45, 7) is 4.65. The lowest BCUT2D eigenvalue weighted by atomic mass is 9.96. The quantitative estimate of drug-likeness (QED) is 0.451. The fourth-order valence-electron chi connectivity index (χ4n) is 1.93. The first kappa shape index (κ1) is 16.0. The summed E-state index contributed by atoms with van der Waals surface area (Å²) >= 11 is 1.78. The number of hydrogen-bond acceptors (Lipinski definition) is 5. The molecule has 1 heterocycles. The average Bonchev–Trinajstić information content (AvgIpc) is 2.44. The number of aromatic nitrogens is 1. The van der Waals surface area contributed by atoms with Crippen molar-refractivity contribution in [2.45, 2.75) is 37.1 Å². The van der Waals surface area contributed by atoms with Crippen molar-refractivity contribution in [3.8, 4) is 0 Å². The number of hydrogen-bond donors (Lipinski definition) is 1. The maximum absolute atomic E-state index is 11.8. The van der Waals surface area contributed by atoms with Gasteiger partial charge in [0.05, 0.1) is 7.11 Å². The van der Waals surface area contributed by atoms with Gasteiger partial charge >= 0.3 is 5.97 Å². The highest BCUT2D eigenvalue weighted by Gasteiger charge is 2.32. The number of ether oxygens (including phenoxy) is 1. The van der Waals surface area contributed by atoms with E-state index in [4.69, 9.17) is 4.74 Å². The van der Waals surface area contributed by atoms with Crippen LogP contribution >= 0.6 is 11.8 Å². The third-order valence-electron chi connectivity index (χ3n) is 2.94. The zero-order valence-electron chi connectivity index (χ0n) is 11.8. The summed E-state index contributed by atoms with van der Waals surface area (Å²) in [5.41, 5.74) is -0.581. The van der Waals surface area contributed by atoms with Crippen LogP contribution in [0.5, 0.6) is 0 Å². The highest BCUT2D eigenvalue weighted by atomic mass is 32.2. The number of likely N-dealkylation sites (N-methyl/N-ethyl adjacent to an activating group) is 1. The number of carbonyl (C=O) groups is 1. The Labute approximate surface area is 119 Å². The molecule has 0 aliphatic heterocycles. The van der Waals surface area contributed by atoms with Crippen LogP contribution in [0.4, 0.5) is 0 Å². The summed E-state index contributed by atoms with van der Waals surface area (Å²) < 4.78 is 4.87. The lowest BCUT2D eigenvalue weighted by Crippen LogP contribution is -2.50. The Kier molecular flexibility index (Phi) is 6.87. The molecule has 0 radical (unpaired) electrons. The van der Waals surface area contributed by atoms with E-state index in [0.717, 1.165) is 25.1 Å². The van der Waals surface area contributed by atoms with Crippen LogP contribution in [-0.2, 0) is 9.53 Å². The maximum atomic E-state index is 11.8. The summed E-state index contributed by atoms with van der Waals surface area (Å²) in [6.07, 6.45) is 5.30. The van der Waals surface area contributed by atoms with Crippen molar-refractivity contribution in [2.24, 2.45) is 0 Å². The molecule has 1 atom stereocenters. The zero-order valence-corrected chi connectivity index (χ0v) is 12.6. The molecule has 5 heteroatoms. The predicted molar refractivity (Wildman–Crippen MR) is 78.3 cm³/mol. The Hall–Kier alpha value is -1.07. The summed E-state index contributed by atoms with van der Waals surface area (Å²) in [5, 5.41) is 3.21. The molecule has 4 nitrogen and oxygen atoms in total. The normalized spacial score (nSPS) is 13.8. The number of esters is 1. The average molecular weight is 282 g/mol. The second kappa shape index (κ2) is 8.17. The minimum absolute atomic E-state index is 0.191. The van der Waals surface area contributed by atoms with Gasteiger partial charge in [0.15, 0.2) is 0 Å². The second-order valence-corrected chi connectivity index (χ2v) is 5.66. The van der Waals surface area contributed by atoms with Crippen molar-refractivity contribution < 1.29 is 9.53 Å². The van der Waals surface area contributed by atoms with Gasteiger partial charge in [-0.05, 0) is 44.2 Å². The van der Waals surface area contributed by atoms with Crippen molar-refractivity contribution >= 4 is 17.7 Å². The van der Waals surface area contributed by atoms with Crippen molar-refractivity contribution in [3.05, 3.63) is 24.5 Å². The van der Waals surface area contributed by atoms with E-state index >= 15 is 0 Å². The molecule has 1 aromatic rings. The van der Waals surface area contributed by atoms with Crippen molar-refractivity contribution in [2.75, 3.05) is 19.4 Å². The molecule has 1 unspecified atom stereocenters. The molecule has 0 aliphatic carbocycles. The Morgan fingerprint density at radius 2 is 2.16 bits per heavy atom. The van der Waals surface area contributed by atoms with Crippen LogP contribution < -0.4 is 5.32 Å². The Morgan fingerprint density at radius 3 is 2.74 bits per heavy atom. The SMILES string of the molecule is CCNC(C)(CCCSc1ccncc1)C(=O)OC. The van der Waals surface area contributed by atoms with Gasteiger partial charge in [-0.3, -0.25) is 9.78 Å². The molecule has 0 aliphatic rings. The maximum Gasteiger partial charge on any atom is 0.325 e. The van der Waals surface area contributed by atoms with Gasteiger partial charge in [-0.1, -0.05) is 6.92 Å². The van der Waals surface area contributed by atoms with E-state index < -0.39 is 5.54 Å². The zero-order chi connectivity index (χ0) is 14.1. The monoisotopic (exact) mass is 282 g/mol. The summed E-state index contributed by atoms with van der Waals surface area (Å²) in [5.74, 6) is 0.783. The lowest BCUT2D eigenvalue weighted by Gasteiger charge is -2.27. The topological polar surface area (TPSA) is 51.2 Å². The first-order valence-corrected chi connectivity index (χ1v) is 7.47. The van der Waals surface area contributed by atoms with E-state index in [9.17, 15) is 4.79 Å². The highest BCUT2D eigenvalue weighted by molar-refractivity contribution is 7.99. The van der Waals surface area contributed by atoms with Crippen molar-refractivity contribution in [1.29, 1.82) is 0 Å². The van der Waals surface area contributed by atoms with E-state index in [-0.39, 0.29) is 5.97 Å². The van der Waals surface area contributed by atoms with Gasteiger partial charge in [0.25, 0.3) is 0 Å². The van der Waals surface area contributed by atoms with E-state index in [1.165, 1.54) is 12.0 Å². The molecule has 106 valence electrons. The number of methoxy groups -OCH3 is 1. The molecule has 19 heavy (non-hydrogen) atoms. The molecular weight excluding hydrogens is 260 g/mol. The molecule has 1 N–H and O–H groups in total. The summed E-state index contributed by atoms with van der Waals surface area (Å²) in [7, 11) is 1.43. The van der Waals surface area contributed by atoms with Crippen LogP contribution in [0, 0.1) is 0 Å². The number of nitrogens with one attached hydrogen (secondary N) is 1. The van der Waals surface area contributed by atoms with E-state index in [1.807, 2.05) is 26.0 Å². The van der Waals surface area contributed by atoms with E-state index in [0.29, 0.717) is 0 Å². The fraction of sp³-hybridized carbons (Fsp3) is 0.571. The number of pyridine rings is 1. The van der Waals surface area contributed by atoms with Crippen LogP contribution in [0.25, 0.3) is 0 Å². The van der Waals surface area contributed by atoms with Crippen molar-refractivity contribution in [3.63, 3.8) is 0 Å². The van der Waals surface area contributed by atoms with Crippen LogP contribution in [-0.4, -0.2) is 35.9 Å². The van der Waals surface area contributed by atoms with Crippen LogP contribution in [0.1, 0.15) is 26.7 Å². The van der Waals surface area contributed by atoms with Crippen LogP contribution in [0.2, 0.25) is 0 Å². The third-order valence-corrected chi connectivity index (χ3v) is 4.04. The third kappa shape index (κ3) is 5.20. The smallest absolute Gasteiger partial charge is 0.325 e. The molecular formula is C14H22N2O2S. The van der Waals surface area contributed by atoms with Gasteiger partial charge in [-0.2, -0.15) is 0 Å². The Morgan fingerprint density at radius 1 is 1.47 bits per heavy atom. The van der Waals surface area contributed by atoms with Crippen LogP contribution in [0.3, 0.4) is 0 Å². The van der Waals surface area contributed by atoms with Gasteiger partial charge in [-0.15, -0.1) is 11.8 Å². The lowest BCUT2D eigenvalue weighted by molar-refractivity contribution is -0.148. The van der Waals surface area contributed by atoms with E-state index in [1.54, 1.807) is 24.2 Å². The van der Waals surface area contributed by atoms with E-state index in [2.05, 4.69) is 10.3 Å². The predicted octanol–water partition coefficient (Wildman–Crippen LogP) is 2.50. The largest absolute Gasteiger partial charge is 0.468 e. The van der Waals surface area contributed by atoms with Gasteiger partial charge in [-0.25, -0.2) is 0 Å². The molecule has 0 bridgehead atoms. The molecule has 1 aromatic heterocycles. The van der Waals surface area contributed by atoms with Gasteiger partial charge < -0.3 is 10.1 Å². The van der Waals surface area contributed by atoms with Gasteiger partial charge in [0, 0.05) is 17.3 Å².